The van der Waals surface area contributed by atoms with Crippen molar-refractivity contribution in [2.45, 2.75) is 25.8 Å². The molecule has 2 aliphatic rings. The van der Waals surface area contributed by atoms with Gasteiger partial charge in [0.1, 0.15) is 0 Å². The van der Waals surface area contributed by atoms with Crippen molar-refractivity contribution in [3.63, 3.8) is 0 Å². The molecular weight excluding hydrogens is 324 g/mol. The molecule has 0 bridgehead atoms. The minimum absolute atomic E-state index is 0.204. The molecule has 2 saturated heterocycles. The topological polar surface area (TPSA) is 50.1 Å². The van der Waals surface area contributed by atoms with E-state index in [2.05, 4.69) is 16.8 Å². The van der Waals surface area contributed by atoms with Gasteiger partial charge in [0.25, 0.3) is 0 Å². The first-order valence-corrected chi connectivity index (χ1v) is 9.63. The molecule has 4 heterocycles. The van der Waals surface area contributed by atoms with Crippen LogP contribution in [-0.4, -0.2) is 70.5 Å². The number of hydrogen-bond donors (Lipinski definition) is 0. The monoisotopic (exact) mass is 348 g/mol. The molecule has 1 amide bonds. The van der Waals surface area contributed by atoms with Gasteiger partial charge in [-0.1, -0.05) is 13.3 Å². The van der Waals surface area contributed by atoms with Crippen LogP contribution in [0.5, 0.6) is 0 Å². The summed E-state index contributed by atoms with van der Waals surface area (Å²) in [4.78, 5) is 22.8. The Balaban J connectivity index is 1.41. The second-order valence-electron chi connectivity index (χ2n) is 6.68. The van der Waals surface area contributed by atoms with Crippen molar-refractivity contribution in [1.29, 1.82) is 0 Å². The summed E-state index contributed by atoms with van der Waals surface area (Å²) in [5.74, 6) is 0.771. The molecule has 0 spiro atoms. The molecule has 0 radical (unpaired) electrons. The van der Waals surface area contributed by atoms with Gasteiger partial charge in [0.15, 0.2) is 4.96 Å². The molecule has 7 heteroatoms. The van der Waals surface area contributed by atoms with Gasteiger partial charge in [-0.15, -0.1) is 11.3 Å². The van der Waals surface area contributed by atoms with Gasteiger partial charge in [-0.05, 0) is 5.92 Å². The molecule has 0 N–H and O–H groups in total. The summed E-state index contributed by atoms with van der Waals surface area (Å²) in [5.41, 5.74) is 0.870. The maximum atomic E-state index is 12.7. The predicted octanol–water partition coefficient (Wildman–Crippen LogP) is 1.51. The van der Waals surface area contributed by atoms with E-state index in [9.17, 15) is 4.79 Å². The van der Waals surface area contributed by atoms with E-state index in [0.717, 1.165) is 56.5 Å². The Kier molecular flexibility index (Phi) is 4.56. The Morgan fingerprint density at radius 3 is 2.96 bits per heavy atom. The highest BCUT2D eigenvalue weighted by molar-refractivity contribution is 7.15. The highest BCUT2D eigenvalue weighted by atomic mass is 32.1. The normalized spacial score (nSPS) is 25.6. The van der Waals surface area contributed by atoms with Crippen LogP contribution in [-0.2, 0) is 16.0 Å². The summed E-state index contributed by atoms with van der Waals surface area (Å²) in [5, 5.41) is 2.01. The van der Waals surface area contributed by atoms with Crippen LogP contribution in [0.1, 0.15) is 19.0 Å². The average Bonchev–Trinajstić information content (AvgIpc) is 3.29. The molecule has 4 rings (SSSR count). The minimum atomic E-state index is 0.204. The number of thiazole rings is 1. The number of amides is 1. The van der Waals surface area contributed by atoms with Crippen LogP contribution in [0.2, 0.25) is 0 Å². The second-order valence-corrected chi connectivity index (χ2v) is 7.56. The van der Waals surface area contributed by atoms with Crippen LogP contribution in [0.25, 0.3) is 4.96 Å². The number of aromatic nitrogens is 2. The first-order chi connectivity index (χ1) is 11.7. The maximum absolute atomic E-state index is 12.7. The summed E-state index contributed by atoms with van der Waals surface area (Å²) in [6.07, 6.45) is 5.47. The lowest BCUT2D eigenvalue weighted by atomic mass is 9.99. The van der Waals surface area contributed by atoms with Gasteiger partial charge >= 0.3 is 0 Å². The Labute approximate surface area is 146 Å². The second kappa shape index (κ2) is 6.82. The van der Waals surface area contributed by atoms with Gasteiger partial charge < -0.3 is 9.64 Å². The van der Waals surface area contributed by atoms with Crippen molar-refractivity contribution in [3.05, 3.63) is 23.5 Å². The van der Waals surface area contributed by atoms with E-state index in [0.29, 0.717) is 18.4 Å². The van der Waals surface area contributed by atoms with Crippen LogP contribution in [0.3, 0.4) is 0 Å². The van der Waals surface area contributed by atoms with Crippen molar-refractivity contribution < 1.29 is 9.53 Å². The smallest absolute Gasteiger partial charge is 0.228 e. The number of ether oxygens (including phenoxy) is 1. The Morgan fingerprint density at radius 2 is 2.21 bits per heavy atom. The van der Waals surface area contributed by atoms with Crippen LogP contribution in [0.15, 0.2) is 17.8 Å². The van der Waals surface area contributed by atoms with E-state index >= 15 is 0 Å². The summed E-state index contributed by atoms with van der Waals surface area (Å²) < 4.78 is 7.46. The molecule has 2 aliphatic heterocycles. The highest BCUT2D eigenvalue weighted by Crippen LogP contribution is 2.26. The van der Waals surface area contributed by atoms with E-state index in [1.165, 1.54) is 0 Å². The summed E-state index contributed by atoms with van der Waals surface area (Å²) in [6.45, 7) is 7.55. The first kappa shape index (κ1) is 16.1. The molecule has 130 valence electrons. The third-order valence-corrected chi connectivity index (χ3v) is 6.04. The van der Waals surface area contributed by atoms with Gasteiger partial charge in [0.2, 0.25) is 5.91 Å². The molecule has 2 fully saturated rings. The van der Waals surface area contributed by atoms with Crippen LogP contribution in [0, 0.1) is 5.92 Å². The number of likely N-dealkylation sites (tertiary alicyclic amines) is 1. The van der Waals surface area contributed by atoms with E-state index in [1.807, 2.05) is 27.1 Å². The Hall–Kier alpha value is -1.44. The Bertz CT molecular complexity index is 678. The van der Waals surface area contributed by atoms with E-state index in [1.54, 1.807) is 11.3 Å². The third-order valence-electron chi connectivity index (χ3n) is 5.27. The quantitative estimate of drug-likeness (QED) is 0.840. The lowest BCUT2D eigenvalue weighted by Crippen LogP contribution is -2.47. The largest absolute Gasteiger partial charge is 0.379 e. The Morgan fingerprint density at radius 1 is 1.38 bits per heavy atom. The SMILES string of the molecule is CCC1CN(C(=O)Cc2cn3ccsc3n2)CC1N1CCOCC1. The van der Waals surface area contributed by atoms with Gasteiger partial charge in [-0.2, -0.15) is 0 Å². The zero-order valence-corrected chi connectivity index (χ0v) is 14.9. The number of nitrogens with zero attached hydrogens (tertiary/aromatic N) is 4. The lowest BCUT2D eigenvalue weighted by molar-refractivity contribution is -0.129. The number of morpholine rings is 1. The zero-order valence-electron chi connectivity index (χ0n) is 14.1. The van der Waals surface area contributed by atoms with Crippen LogP contribution >= 0.6 is 11.3 Å². The molecule has 2 aromatic rings. The summed E-state index contributed by atoms with van der Waals surface area (Å²) >= 11 is 1.60. The van der Waals surface area contributed by atoms with E-state index in [-0.39, 0.29) is 5.91 Å². The molecule has 0 aliphatic carbocycles. The molecule has 0 saturated carbocycles. The van der Waals surface area contributed by atoms with Crippen LogP contribution < -0.4 is 0 Å². The van der Waals surface area contributed by atoms with Crippen molar-refractivity contribution in [1.82, 2.24) is 19.2 Å². The number of carbonyl (C=O) groups is 1. The van der Waals surface area contributed by atoms with Crippen molar-refractivity contribution in [2.24, 2.45) is 5.92 Å². The molecule has 2 unspecified atom stereocenters. The highest BCUT2D eigenvalue weighted by Gasteiger charge is 2.38. The molecule has 2 aromatic heterocycles. The van der Waals surface area contributed by atoms with E-state index < -0.39 is 0 Å². The fraction of sp³-hybridized carbons (Fsp3) is 0.647. The zero-order chi connectivity index (χ0) is 16.5. The lowest BCUT2D eigenvalue weighted by Gasteiger charge is -2.34. The van der Waals surface area contributed by atoms with Crippen molar-refractivity contribution in [3.8, 4) is 0 Å². The standard InChI is InChI=1S/C17H24N4O2S/c1-2-13-10-21(12-15(13)19-3-6-23-7-4-19)16(22)9-14-11-20-5-8-24-17(20)18-14/h5,8,11,13,15H,2-4,6-7,9-10,12H2,1H3. The van der Waals surface area contributed by atoms with Crippen molar-refractivity contribution >= 4 is 22.2 Å². The number of fused-ring (bicyclic) bond motifs is 1. The molecular formula is C17H24N4O2S. The number of carbonyl (C=O) groups excluding carboxylic acids is 1. The molecule has 24 heavy (non-hydrogen) atoms. The third kappa shape index (κ3) is 3.08. The van der Waals surface area contributed by atoms with E-state index in [4.69, 9.17) is 4.74 Å². The maximum Gasteiger partial charge on any atom is 0.228 e. The minimum Gasteiger partial charge on any atom is -0.379 e. The number of imidazole rings is 1. The average molecular weight is 348 g/mol. The first-order valence-electron chi connectivity index (χ1n) is 8.75. The van der Waals surface area contributed by atoms with Gasteiger partial charge in [-0.25, -0.2) is 4.98 Å². The summed E-state index contributed by atoms with van der Waals surface area (Å²) in [7, 11) is 0. The summed E-state index contributed by atoms with van der Waals surface area (Å²) in [6, 6.07) is 0.480. The van der Waals surface area contributed by atoms with Crippen LogP contribution in [0.4, 0.5) is 0 Å². The van der Waals surface area contributed by atoms with Gasteiger partial charge in [-0.3, -0.25) is 14.1 Å². The van der Waals surface area contributed by atoms with Gasteiger partial charge in [0.05, 0.1) is 25.3 Å². The number of hydrogen-bond acceptors (Lipinski definition) is 5. The van der Waals surface area contributed by atoms with Gasteiger partial charge in [0, 0.05) is 50.0 Å². The molecule has 2 atom stereocenters. The molecule has 0 aromatic carbocycles. The number of rotatable bonds is 4. The fourth-order valence-corrected chi connectivity index (χ4v) is 4.63. The predicted molar refractivity (Wildman–Crippen MR) is 93.3 cm³/mol. The fourth-order valence-electron chi connectivity index (χ4n) is 3.91. The molecule has 6 nitrogen and oxygen atoms in total. The van der Waals surface area contributed by atoms with Crippen molar-refractivity contribution in [2.75, 3.05) is 39.4 Å².